The summed E-state index contributed by atoms with van der Waals surface area (Å²) in [6, 6.07) is 20.9. The second kappa shape index (κ2) is 14.4. The molecule has 1 aliphatic heterocycles. The molecule has 0 saturated heterocycles. The maximum Gasteiger partial charge on any atom is 0.243 e. The van der Waals surface area contributed by atoms with Gasteiger partial charge < -0.3 is 19.7 Å². The number of benzene rings is 3. The van der Waals surface area contributed by atoms with Crippen LogP contribution in [0, 0.1) is 0 Å². The van der Waals surface area contributed by atoms with Crippen LogP contribution in [0.15, 0.2) is 72.8 Å². The van der Waals surface area contributed by atoms with Crippen molar-refractivity contribution in [2.75, 3.05) is 36.9 Å². The Morgan fingerprint density at radius 3 is 2.36 bits per heavy atom. The summed E-state index contributed by atoms with van der Waals surface area (Å²) in [6.45, 7) is 3.30. The molecule has 0 radical (unpaired) electrons. The molecule has 1 heterocycles. The summed E-state index contributed by atoms with van der Waals surface area (Å²) in [5, 5.41) is 3.40. The van der Waals surface area contributed by atoms with Crippen molar-refractivity contribution in [1.82, 2.24) is 10.2 Å². The van der Waals surface area contributed by atoms with Gasteiger partial charge in [-0.1, -0.05) is 54.1 Å². The molecule has 0 spiro atoms. The van der Waals surface area contributed by atoms with Gasteiger partial charge in [0.25, 0.3) is 0 Å². The lowest BCUT2D eigenvalue weighted by atomic mass is 10.0. The normalized spacial score (nSPS) is 13.2. The van der Waals surface area contributed by atoms with Crippen molar-refractivity contribution >= 4 is 39.1 Å². The first kappa shape index (κ1) is 31.2. The molecule has 1 aliphatic rings. The fourth-order valence-electron chi connectivity index (χ4n) is 4.87. The molecule has 0 aromatic heterocycles. The van der Waals surface area contributed by atoms with E-state index in [9.17, 15) is 18.0 Å². The minimum atomic E-state index is -3.66. The van der Waals surface area contributed by atoms with E-state index in [1.165, 1.54) is 4.31 Å². The van der Waals surface area contributed by atoms with Gasteiger partial charge in [0.05, 0.1) is 11.9 Å². The number of nitrogens with zero attached hydrogens (tertiary/aromatic N) is 2. The van der Waals surface area contributed by atoms with Gasteiger partial charge in [-0.15, -0.1) is 0 Å². The number of likely N-dealkylation sites (N-methyl/N-ethyl adjacent to an activating group) is 1. The number of ether oxygens (including phenoxy) is 2. The largest absolute Gasteiger partial charge is 0.486 e. The minimum Gasteiger partial charge on any atom is -0.486 e. The van der Waals surface area contributed by atoms with Gasteiger partial charge in [-0.05, 0) is 48.7 Å². The first-order valence-electron chi connectivity index (χ1n) is 13.9. The van der Waals surface area contributed by atoms with E-state index >= 15 is 0 Å². The average molecular weight is 614 g/mol. The zero-order chi connectivity index (χ0) is 30.1. The van der Waals surface area contributed by atoms with E-state index in [2.05, 4.69) is 5.32 Å². The summed E-state index contributed by atoms with van der Waals surface area (Å²) >= 11 is 6.23. The molecule has 224 valence electrons. The first-order valence-corrected chi connectivity index (χ1v) is 16.1. The minimum absolute atomic E-state index is 0.0296. The molecule has 3 aromatic carbocycles. The summed E-state index contributed by atoms with van der Waals surface area (Å²) in [6.07, 6.45) is 1.72. The van der Waals surface area contributed by atoms with Crippen LogP contribution in [0.2, 0.25) is 5.02 Å². The van der Waals surface area contributed by atoms with Crippen LogP contribution in [-0.4, -0.2) is 63.7 Å². The van der Waals surface area contributed by atoms with Crippen molar-refractivity contribution in [2.45, 2.75) is 38.8 Å². The maximum atomic E-state index is 13.8. The number of hydrogen-bond acceptors (Lipinski definition) is 6. The number of carbonyl (C=O) groups excluding carboxylic acids is 2. The lowest BCUT2D eigenvalue weighted by Crippen LogP contribution is -2.50. The van der Waals surface area contributed by atoms with Crippen molar-refractivity contribution in [3.8, 4) is 11.5 Å². The summed E-state index contributed by atoms with van der Waals surface area (Å²) in [4.78, 5) is 28.7. The van der Waals surface area contributed by atoms with Gasteiger partial charge in [-0.2, -0.15) is 0 Å². The first-order chi connectivity index (χ1) is 20.2. The quantitative estimate of drug-likeness (QED) is 0.306. The monoisotopic (exact) mass is 613 g/mol. The number of anilines is 1. The molecular weight excluding hydrogens is 578 g/mol. The van der Waals surface area contributed by atoms with E-state index < -0.39 is 16.1 Å². The molecule has 1 N–H and O–H groups in total. The Morgan fingerprint density at radius 2 is 1.67 bits per heavy atom. The summed E-state index contributed by atoms with van der Waals surface area (Å²) in [5.74, 6) is 0.505. The maximum absolute atomic E-state index is 13.8. The van der Waals surface area contributed by atoms with E-state index in [0.717, 1.165) is 17.4 Å². The molecule has 1 atom stereocenters. The number of nitrogens with one attached hydrogen (secondary N) is 1. The average Bonchev–Trinajstić information content (AvgIpc) is 2.97. The van der Waals surface area contributed by atoms with E-state index in [1.54, 1.807) is 41.3 Å². The number of hydrogen-bond donors (Lipinski definition) is 1. The molecule has 0 fully saturated rings. The molecule has 3 aromatic rings. The Labute approximate surface area is 252 Å². The molecule has 4 rings (SSSR count). The van der Waals surface area contributed by atoms with Crippen LogP contribution in [0.5, 0.6) is 11.5 Å². The molecule has 9 nitrogen and oxygen atoms in total. The molecular formula is C31H36ClN3O6S. The summed E-state index contributed by atoms with van der Waals surface area (Å²) in [5.41, 5.74) is 2.13. The lowest BCUT2D eigenvalue weighted by molar-refractivity contribution is -0.141. The molecule has 2 amide bonds. The summed E-state index contributed by atoms with van der Waals surface area (Å²) in [7, 11) is -3.66. The highest BCUT2D eigenvalue weighted by Crippen LogP contribution is 2.35. The van der Waals surface area contributed by atoms with Gasteiger partial charge in [0.1, 0.15) is 19.3 Å². The smallest absolute Gasteiger partial charge is 0.243 e. The third kappa shape index (κ3) is 8.39. The van der Waals surface area contributed by atoms with Gasteiger partial charge in [-0.3, -0.25) is 13.9 Å². The predicted molar refractivity (Wildman–Crippen MR) is 163 cm³/mol. The van der Waals surface area contributed by atoms with Crippen LogP contribution in [0.1, 0.15) is 30.9 Å². The highest BCUT2D eigenvalue weighted by Gasteiger charge is 2.30. The molecule has 0 unspecified atom stereocenters. The van der Waals surface area contributed by atoms with Crippen LogP contribution in [0.4, 0.5) is 5.69 Å². The number of sulfonamides is 1. The van der Waals surface area contributed by atoms with Crippen molar-refractivity contribution < 1.29 is 27.5 Å². The molecule has 11 heteroatoms. The number of rotatable bonds is 13. The van der Waals surface area contributed by atoms with Gasteiger partial charge in [-0.25, -0.2) is 8.42 Å². The molecule has 42 heavy (non-hydrogen) atoms. The van der Waals surface area contributed by atoms with Gasteiger partial charge in [0, 0.05) is 43.6 Å². The standard InChI is InChI=1S/C31H36ClN3O6S/c1-3-33-31(37)27(20-23-9-5-4-6-10-23)34(22-24-11-7-12-25(32)19-24)30(36)13-8-16-35(42(2,38)39)26-14-15-28-29(21-26)41-18-17-40-28/h4-7,9-12,14-15,19,21,27H,3,8,13,16-18,20,22H2,1-2H3,(H,33,37)/t27-/m1/s1. The van der Waals surface area contributed by atoms with E-state index in [4.69, 9.17) is 21.1 Å². The molecule has 0 saturated carbocycles. The Kier molecular flexibility index (Phi) is 10.7. The van der Waals surface area contributed by atoms with Gasteiger partial charge in [0.2, 0.25) is 21.8 Å². The van der Waals surface area contributed by atoms with Crippen LogP contribution in [0.3, 0.4) is 0 Å². The van der Waals surface area contributed by atoms with Crippen LogP contribution in [0.25, 0.3) is 0 Å². The number of halogens is 1. The summed E-state index contributed by atoms with van der Waals surface area (Å²) < 4.78 is 37.9. The van der Waals surface area contributed by atoms with Crippen LogP contribution in [-0.2, 0) is 32.6 Å². The SMILES string of the molecule is CCNC(=O)[C@@H](Cc1ccccc1)N(Cc1cccc(Cl)c1)C(=O)CCCN(c1ccc2c(c1)OCCO2)S(C)(=O)=O. The van der Waals surface area contributed by atoms with Gasteiger partial charge >= 0.3 is 0 Å². The van der Waals surface area contributed by atoms with Gasteiger partial charge in [0.15, 0.2) is 11.5 Å². The van der Waals surface area contributed by atoms with E-state index in [0.29, 0.717) is 48.4 Å². The fourth-order valence-corrected chi connectivity index (χ4v) is 6.04. The molecule has 0 bridgehead atoms. The lowest BCUT2D eigenvalue weighted by Gasteiger charge is -2.32. The Balaban J connectivity index is 1.56. The zero-order valence-corrected chi connectivity index (χ0v) is 25.4. The topological polar surface area (TPSA) is 105 Å². The molecule has 0 aliphatic carbocycles. The number of fused-ring (bicyclic) bond motifs is 1. The number of carbonyl (C=O) groups is 2. The third-order valence-electron chi connectivity index (χ3n) is 6.83. The number of amides is 2. The zero-order valence-electron chi connectivity index (χ0n) is 23.8. The van der Waals surface area contributed by atoms with Crippen molar-refractivity contribution in [3.63, 3.8) is 0 Å². The second-order valence-corrected chi connectivity index (χ2v) is 12.4. The van der Waals surface area contributed by atoms with E-state index in [-0.39, 0.29) is 37.7 Å². The highest BCUT2D eigenvalue weighted by molar-refractivity contribution is 7.92. The van der Waals surface area contributed by atoms with Crippen LogP contribution >= 0.6 is 11.6 Å². The highest BCUT2D eigenvalue weighted by atomic mass is 35.5. The third-order valence-corrected chi connectivity index (χ3v) is 8.26. The van der Waals surface area contributed by atoms with Crippen molar-refractivity contribution in [2.24, 2.45) is 0 Å². The Bertz CT molecular complexity index is 1480. The van der Waals surface area contributed by atoms with Crippen LogP contribution < -0.4 is 19.1 Å². The second-order valence-electron chi connectivity index (χ2n) is 10.0. The van der Waals surface area contributed by atoms with Crippen molar-refractivity contribution in [3.05, 3.63) is 88.9 Å². The Hall–Kier alpha value is -3.76. The van der Waals surface area contributed by atoms with Crippen molar-refractivity contribution in [1.29, 1.82) is 0 Å². The predicted octanol–water partition coefficient (Wildman–Crippen LogP) is 4.43. The Morgan fingerprint density at radius 1 is 0.952 bits per heavy atom. The fraction of sp³-hybridized carbons (Fsp3) is 0.355. The van der Waals surface area contributed by atoms with E-state index in [1.807, 2.05) is 43.3 Å².